The lowest BCUT2D eigenvalue weighted by molar-refractivity contribution is -0.139. The van der Waals surface area contributed by atoms with Crippen molar-refractivity contribution in [1.29, 1.82) is 0 Å². The smallest absolute Gasteiger partial charge is 0.295 e. The molecule has 1 atom stereocenters. The molecule has 2 heterocycles. The molecule has 6 nitrogen and oxygen atoms in total. The number of halogens is 1. The summed E-state index contributed by atoms with van der Waals surface area (Å²) in [4.78, 5) is 30.5. The Morgan fingerprint density at radius 2 is 2.03 bits per heavy atom. The highest BCUT2D eigenvalue weighted by Gasteiger charge is 2.47. The molecule has 8 heteroatoms. The number of ketones is 1. The molecule has 1 fully saturated rings. The van der Waals surface area contributed by atoms with Gasteiger partial charge in [-0.15, -0.1) is 11.3 Å². The molecule has 1 aromatic carbocycles. The van der Waals surface area contributed by atoms with E-state index < -0.39 is 17.7 Å². The maximum Gasteiger partial charge on any atom is 0.295 e. The second-order valence-corrected chi connectivity index (χ2v) is 9.05. The molecule has 2 aromatic rings. The van der Waals surface area contributed by atoms with Crippen LogP contribution in [0.3, 0.4) is 0 Å². The molecule has 1 N–H and O–H groups in total. The third-order valence-corrected chi connectivity index (χ3v) is 6.60. The molecule has 0 spiro atoms. The van der Waals surface area contributed by atoms with Crippen molar-refractivity contribution >= 4 is 40.4 Å². The molecule has 1 amide bonds. The predicted octanol–water partition coefficient (Wildman–Crippen LogP) is 4.48. The van der Waals surface area contributed by atoms with Gasteiger partial charge in [-0.2, -0.15) is 0 Å². The van der Waals surface area contributed by atoms with Crippen LogP contribution in [0.15, 0.2) is 35.2 Å². The van der Waals surface area contributed by atoms with Crippen LogP contribution in [0.5, 0.6) is 5.75 Å². The lowest BCUT2D eigenvalue weighted by Crippen LogP contribution is -2.32. The zero-order valence-electron chi connectivity index (χ0n) is 18.1. The minimum absolute atomic E-state index is 0.0657. The first-order valence-electron chi connectivity index (χ1n) is 10.2. The number of ether oxygens (including phenoxy) is 1. The fourth-order valence-corrected chi connectivity index (χ4v) is 4.95. The Kier molecular flexibility index (Phi) is 7.41. The van der Waals surface area contributed by atoms with E-state index in [1.807, 2.05) is 44.3 Å². The number of aryl methyl sites for hydroxylation is 1. The number of benzene rings is 1. The van der Waals surface area contributed by atoms with Crippen molar-refractivity contribution in [1.82, 2.24) is 9.80 Å². The molecular weight excluding hydrogens is 436 g/mol. The Morgan fingerprint density at radius 1 is 1.29 bits per heavy atom. The van der Waals surface area contributed by atoms with Crippen LogP contribution in [0.1, 0.15) is 35.4 Å². The fourth-order valence-electron chi connectivity index (χ4n) is 3.69. The Labute approximate surface area is 191 Å². The number of hydrogen-bond donors (Lipinski definition) is 1. The van der Waals surface area contributed by atoms with E-state index in [1.165, 1.54) is 11.3 Å². The number of carbonyl (C=O) groups is 2. The summed E-state index contributed by atoms with van der Waals surface area (Å²) in [5.41, 5.74) is 1.31. The van der Waals surface area contributed by atoms with E-state index in [2.05, 4.69) is 0 Å². The van der Waals surface area contributed by atoms with Crippen molar-refractivity contribution in [3.63, 3.8) is 0 Å². The molecule has 3 rings (SSSR count). The first-order chi connectivity index (χ1) is 14.8. The van der Waals surface area contributed by atoms with E-state index >= 15 is 0 Å². The van der Waals surface area contributed by atoms with Gasteiger partial charge in [0.05, 0.1) is 23.2 Å². The summed E-state index contributed by atoms with van der Waals surface area (Å²) in [5, 5.41) is 13.4. The summed E-state index contributed by atoms with van der Waals surface area (Å²) < 4.78 is 5.52. The van der Waals surface area contributed by atoms with Crippen LogP contribution in [-0.4, -0.2) is 60.4 Å². The lowest BCUT2D eigenvalue weighted by atomic mass is 9.98. The van der Waals surface area contributed by atoms with Crippen LogP contribution in [0.25, 0.3) is 5.76 Å². The van der Waals surface area contributed by atoms with E-state index in [0.717, 1.165) is 17.0 Å². The Balaban J connectivity index is 2.12. The second-order valence-electron chi connectivity index (χ2n) is 7.69. The van der Waals surface area contributed by atoms with E-state index in [-0.39, 0.29) is 21.9 Å². The van der Waals surface area contributed by atoms with Gasteiger partial charge in [-0.25, -0.2) is 0 Å². The minimum atomic E-state index is -0.696. The number of carbonyl (C=O) groups excluding carboxylic acids is 2. The van der Waals surface area contributed by atoms with Gasteiger partial charge in [0.1, 0.15) is 11.5 Å². The van der Waals surface area contributed by atoms with E-state index in [4.69, 9.17) is 16.3 Å². The molecule has 0 saturated carbocycles. The number of rotatable bonds is 8. The average molecular weight is 463 g/mol. The second kappa shape index (κ2) is 9.85. The lowest BCUT2D eigenvalue weighted by Gasteiger charge is -2.25. The number of nitrogens with zero attached hydrogens (tertiary/aromatic N) is 2. The fraction of sp³-hybridized carbons (Fsp3) is 0.391. The van der Waals surface area contributed by atoms with Crippen LogP contribution < -0.4 is 4.74 Å². The largest absolute Gasteiger partial charge is 0.507 e. The third kappa shape index (κ3) is 4.79. The molecule has 166 valence electrons. The molecule has 1 aliphatic rings. The summed E-state index contributed by atoms with van der Waals surface area (Å²) in [6.07, 6.45) is 0.710. The zero-order valence-corrected chi connectivity index (χ0v) is 19.7. The zero-order chi connectivity index (χ0) is 22.7. The topological polar surface area (TPSA) is 70.1 Å². The monoisotopic (exact) mass is 462 g/mol. The van der Waals surface area contributed by atoms with E-state index in [9.17, 15) is 14.7 Å². The Hall–Kier alpha value is -2.35. The number of thiophene rings is 1. The van der Waals surface area contributed by atoms with Gasteiger partial charge in [-0.05, 0) is 76.1 Å². The number of amides is 1. The van der Waals surface area contributed by atoms with Gasteiger partial charge in [0.25, 0.3) is 11.7 Å². The highest BCUT2D eigenvalue weighted by Crippen LogP contribution is 2.43. The van der Waals surface area contributed by atoms with Crippen molar-refractivity contribution in [2.45, 2.75) is 26.3 Å². The van der Waals surface area contributed by atoms with Crippen LogP contribution >= 0.6 is 22.9 Å². The summed E-state index contributed by atoms with van der Waals surface area (Å²) in [5.74, 6) is -1.05. The molecule has 0 aliphatic carbocycles. The first kappa shape index (κ1) is 23.3. The normalized spacial score (nSPS) is 18.3. The quantitative estimate of drug-likeness (QED) is 0.356. The number of aliphatic hydroxyl groups is 1. The maximum atomic E-state index is 13.1. The summed E-state index contributed by atoms with van der Waals surface area (Å²) in [7, 11) is 3.92. The standard InChI is InChI=1S/C23H27ClN2O4S/c1-5-30-15-7-8-17(24)16(13-15)20(27)18-19(22-14(2)9-12-31-22)26(23(29)21(18)28)11-6-10-25(3)4/h7-9,12-13,19,27H,5-6,10-11H2,1-4H3/b20-18+. The summed E-state index contributed by atoms with van der Waals surface area (Å²) in [6, 6.07) is 6.21. The molecule has 31 heavy (non-hydrogen) atoms. The van der Waals surface area contributed by atoms with E-state index in [1.54, 1.807) is 23.1 Å². The molecule has 1 aromatic heterocycles. The van der Waals surface area contributed by atoms with Gasteiger partial charge in [0, 0.05) is 17.0 Å². The molecular formula is C23H27ClN2O4S. The predicted molar refractivity (Wildman–Crippen MR) is 124 cm³/mol. The van der Waals surface area contributed by atoms with Crippen molar-refractivity contribution in [2.24, 2.45) is 0 Å². The first-order valence-corrected chi connectivity index (χ1v) is 11.4. The van der Waals surface area contributed by atoms with Gasteiger partial charge < -0.3 is 19.6 Å². The average Bonchev–Trinajstić information content (AvgIpc) is 3.24. The van der Waals surface area contributed by atoms with Crippen LogP contribution in [0.2, 0.25) is 5.02 Å². The van der Waals surface area contributed by atoms with Gasteiger partial charge in [-0.3, -0.25) is 9.59 Å². The van der Waals surface area contributed by atoms with Crippen molar-refractivity contribution in [3.8, 4) is 5.75 Å². The van der Waals surface area contributed by atoms with Crippen molar-refractivity contribution < 1.29 is 19.4 Å². The van der Waals surface area contributed by atoms with Crippen molar-refractivity contribution in [3.05, 3.63) is 56.2 Å². The molecule has 1 aliphatic heterocycles. The van der Waals surface area contributed by atoms with Crippen LogP contribution in [0.4, 0.5) is 0 Å². The van der Waals surface area contributed by atoms with Gasteiger partial charge >= 0.3 is 0 Å². The van der Waals surface area contributed by atoms with Crippen LogP contribution in [0, 0.1) is 6.92 Å². The minimum Gasteiger partial charge on any atom is -0.507 e. The van der Waals surface area contributed by atoms with Crippen molar-refractivity contribution in [2.75, 3.05) is 33.8 Å². The SMILES string of the molecule is CCOc1ccc(Cl)c(/C(O)=C2\C(=O)C(=O)N(CCCN(C)C)C2c2sccc2C)c1. The molecule has 1 unspecified atom stereocenters. The molecule has 0 radical (unpaired) electrons. The highest BCUT2D eigenvalue weighted by atomic mass is 35.5. The number of Topliss-reactive ketones (excluding diaryl/α,β-unsaturated/α-hetero) is 1. The van der Waals surface area contributed by atoms with E-state index in [0.29, 0.717) is 25.3 Å². The third-order valence-electron chi connectivity index (χ3n) is 5.20. The van der Waals surface area contributed by atoms with Gasteiger partial charge in [0.15, 0.2) is 0 Å². The number of hydrogen-bond acceptors (Lipinski definition) is 6. The highest BCUT2D eigenvalue weighted by molar-refractivity contribution is 7.10. The Morgan fingerprint density at radius 3 is 2.65 bits per heavy atom. The van der Waals surface area contributed by atoms with Crippen LogP contribution in [-0.2, 0) is 9.59 Å². The summed E-state index contributed by atoms with van der Waals surface area (Å²) >= 11 is 7.82. The molecule has 1 saturated heterocycles. The van der Waals surface area contributed by atoms with Gasteiger partial charge in [-0.1, -0.05) is 11.6 Å². The summed E-state index contributed by atoms with van der Waals surface area (Å²) in [6.45, 7) is 5.43. The van der Waals surface area contributed by atoms with Gasteiger partial charge in [0.2, 0.25) is 0 Å². The molecule has 0 bridgehead atoms. The number of likely N-dealkylation sites (tertiary alicyclic amines) is 1. The maximum absolute atomic E-state index is 13.1. The number of aliphatic hydroxyl groups excluding tert-OH is 1. The Bertz CT molecular complexity index is 1010.